The maximum Gasteiger partial charge on any atom is 0.224 e. The molecule has 3 nitrogen and oxygen atoms in total. The first-order chi connectivity index (χ1) is 18.5. The second-order valence-corrected chi connectivity index (χ2v) is 13.1. The molecule has 0 N–H and O–H groups in total. The van der Waals surface area contributed by atoms with Gasteiger partial charge in [0.1, 0.15) is 13.1 Å². The fourth-order valence-electron chi connectivity index (χ4n) is 9.88. The number of hydrogen-bond donors (Lipinski definition) is 0. The average Bonchev–Trinajstić information content (AvgIpc) is 3.24. The number of nitriles is 1. The largest absolute Gasteiger partial charge is 0.307 e. The summed E-state index contributed by atoms with van der Waals surface area (Å²) in [7, 11) is 2.18. The SMILES string of the molecule is Cc1c(C#N)c2c3ccccc3n3c4cc(C56CC7CC(CC(C7)C5)C6)cc5cc[n+](C)c(c(c1C)c23)c54. The van der Waals surface area contributed by atoms with Gasteiger partial charge in [-0.25, -0.2) is 4.57 Å². The van der Waals surface area contributed by atoms with Gasteiger partial charge in [0.15, 0.2) is 6.20 Å². The van der Waals surface area contributed by atoms with Crippen LogP contribution >= 0.6 is 0 Å². The molecule has 10 rings (SSSR count). The normalized spacial score (nSPS) is 26.5. The molecule has 4 aliphatic carbocycles. The van der Waals surface area contributed by atoms with E-state index in [9.17, 15) is 5.26 Å². The lowest BCUT2D eigenvalue weighted by Crippen LogP contribution is -2.48. The van der Waals surface area contributed by atoms with Gasteiger partial charge in [-0.05, 0) is 116 Å². The van der Waals surface area contributed by atoms with Crippen LogP contribution in [-0.2, 0) is 12.5 Å². The van der Waals surface area contributed by atoms with Crippen molar-refractivity contribution in [1.82, 2.24) is 4.40 Å². The van der Waals surface area contributed by atoms with E-state index in [1.54, 1.807) is 5.56 Å². The van der Waals surface area contributed by atoms with E-state index in [1.807, 2.05) is 0 Å². The zero-order valence-corrected chi connectivity index (χ0v) is 22.4. The van der Waals surface area contributed by atoms with Crippen molar-refractivity contribution in [2.45, 2.75) is 57.8 Å². The molecule has 0 saturated heterocycles. The third-order valence-electron chi connectivity index (χ3n) is 11.1. The first kappa shape index (κ1) is 21.3. The number of rotatable bonds is 1. The lowest BCUT2D eigenvalue weighted by Gasteiger charge is -2.57. The van der Waals surface area contributed by atoms with Crippen molar-refractivity contribution in [3.8, 4) is 6.07 Å². The van der Waals surface area contributed by atoms with Crippen LogP contribution in [-0.4, -0.2) is 4.40 Å². The van der Waals surface area contributed by atoms with E-state index >= 15 is 0 Å². The summed E-state index contributed by atoms with van der Waals surface area (Å²) >= 11 is 0. The number of para-hydroxylation sites is 1. The molecule has 0 amide bonds. The van der Waals surface area contributed by atoms with Gasteiger partial charge in [0.2, 0.25) is 5.52 Å². The third-order valence-corrected chi connectivity index (χ3v) is 11.1. The number of fused-ring (bicyclic) bond motifs is 5. The topological polar surface area (TPSA) is 32.1 Å². The molecule has 186 valence electrons. The number of nitrogens with zero attached hydrogens (tertiary/aromatic N) is 3. The number of pyridine rings is 2. The summed E-state index contributed by atoms with van der Waals surface area (Å²) in [4.78, 5) is 0. The molecule has 4 fully saturated rings. The van der Waals surface area contributed by atoms with Gasteiger partial charge in [0.25, 0.3) is 0 Å². The molecule has 0 unspecified atom stereocenters. The predicted molar refractivity (Wildman–Crippen MR) is 154 cm³/mol. The molecule has 4 aliphatic rings. The molecule has 4 bridgehead atoms. The Bertz CT molecular complexity index is 2010. The van der Waals surface area contributed by atoms with Crippen molar-refractivity contribution in [3.63, 3.8) is 0 Å². The van der Waals surface area contributed by atoms with Crippen LogP contribution in [0.25, 0.3) is 49.0 Å². The van der Waals surface area contributed by atoms with E-state index in [2.05, 4.69) is 84.6 Å². The highest BCUT2D eigenvalue weighted by atomic mass is 15.0. The summed E-state index contributed by atoms with van der Waals surface area (Å²) in [6.07, 6.45) is 10.7. The minimum absolute atomic E-state index is 0.334. The van der Waals surface area contributed by atoms with Crippen molar-refractivity contribution in [3.05, 3.63) is 70.9 Å². The monoisotopic (exact) mass is 494 g/mol. The standard InChI is InChI=1S/C35H32N3/c1-19-20(2)30-33-31-24(8-9-37(33)3)13-25(35-15-21-10-22(16-35)12-23(11-21)17-35)14-29(31)38-28-7-5-4-6-26(28)32(34(30)38)27(19)18-36/h4-9,13-14,21-23H,10-12,15-17H2,1-3H3/q+1. The van der Waals surface area contributed by atoms with Gasteiger partial charge in [0.05, 0.1) is 32.9 Å². The molecule has 38 heavy (non-hydrogen) atoms. The van der Waals surface area contributed by atoms with Gasteiger partial charge in [-0.2, -0.15) is 5.26 Å². The van der Waals surface area contributed by atoms with Crippen LogP contribution in [0.1, 0.15) is 60.8 Å². The van der Waals surface area contributed by atoms with E-state index in [4.69, 9.17) is 0 Å². The van der Waals surface area contributed by atoms with E-state index in [0.717, 1.165) is 34.3 Å². The van der Waals surface area contributed by atoms with Crippen LogP contribution < -0.4 is 4.57 Å². The number of hydrogen-bond acceptors (Lipinski definition) is 1. The summed E-state index contributed by atoms with van der Waals surface area (Å²) < 4.78 is 4.83. The molecular weight excluding hydrogens is 462 g/mol. The Balaban J connectivity index is 1.53. The molecule has 4 saturated carbocycles. The molecule has 3 aromatic carbocycles. The summed E-state index contributed by atoms with van der Waals surface area (Å²) in [5.41, 5.74) is 10.1. The lowest BCUT2D eigenvalue weighted by atomic mass is 9.48. The van der Waals surface area contributed by atoms with Crippen molar-refractivity contribution in [2.24, 2.45) is 24.8 Å². The Kier molecular flexibility index (Phi) is 3.85. The molecule has 0 spiro atoms. The summed E-state index contributed by atoms with van der Waals surface area (Å²) in [6.45, 7) is 4.34. The van der Waals surface area contributed by atoms with Crippen molar-refractivity contribution in [2.75, 3.05) is 0 Å². The number of benzene rings is 3. The van der Waals surface area contributed by atoms with Gasteiger partial charge < -0.3 is 4.40 Å². The van der Waals surface area contributed by atoms with Gasteiger partial charge in [-0.15, -0.1) is 0 Å². The summed E-state index contributed by atoms with van der Waals surface area (Å²) in [6, 6.07) is 18.8. The Morgan fingerprint density at radius 3 is 2.29 bits per heavy atom. The van der Waals surface area contributed by atoms with Crippen LogP contribution in [0.15, 0.2) is 48.7 Å². The fourth-order valence-corrected chi connectivity index (χ4v) is 9.88. The van der Waals surface area contributed by atoms with Crippen LogP contribution in [0.2, 0.25) is 0 Å². The summed E-state index contributed by atoms with van der Waals surface area (Å²) in [5.74, 6) is 2.75. The van der Waals surface area contributed by atoms with Gasteiger partial charge in [-0.1, -0.05) is 18.2 Å². The summed E-state index contributed by atoms with van der Waals surface area (Å²) in [5, 5.41) is 16.7. The Labute approximate surface area is 222 Å². The Morgan fingerprint density at radius 2 is 1.58 bits per heavy atom. The zero-order valence-electron chi connectivity index (χ0n) is 22.4. The van der Waals surface area contributed by atoms with Crippen molar-refractivity contribution in [1.29, 1.82) is 5.26 Å². The lowest BCUT2D eigenvalue weighted by molar-refractivity contribution is -0.643. The molecule has 6 aromatic rings. The molecule has 3 aromatic heterocycles. The zero-order chi connectivity index (χ0) is 25.5. The fraction of sp³-hybridized carbons (Fsp3) is 0.371. The minimum Gasteiger partial charge on any atom is -0.307 e. The minimum atomic E-state index is 0.334. The molecular formula is C35H32N3+. The highest BCUT2D eigenvalue weighted by Gasteiger charge is 2.51. The number of aromatic nitrogens is 2. The van der Waals surface area contributed by atoms with E-state index in [-0.39, 0.29) is 0 Å². The van der Waals surface area contributed by atoms with Crippen LogP contribution in [0, 0.1) is 42.9 Å². The second-order valence-electron chi connectivity index (χ2n) is 13.1. The second kappa shape index (κ2) is 6.86. The van der Waals surface area contributed by atoms with Gasteiger partial charge in [0, 0.05) is 16.8 Å². The molecule has 3 heteroatoms. The number of aryl methyl sites for hydroxylation is 2. The van der Waals surface area contributed by atoms with E-state index in [1.165, 1.54) is 87.7 Å². The van der Waals surface area contributed by atoms with E-state index < -0.39 is 0 Å². The first-order valence-electron chi connectivity index (χ1n) is 14.4. The van der Waals surface area contributed by atoms with Crippen LogP contribution in [0.3, 0.4) is 0 Å². The van der Waals surface area contributed by atoms with Gasteiger partial charge >= 0.3 is 0 Å². The van der Waals surface area contributed by atoms with Crippen LogP contribution in [0.4, 0.5) is 0 Å². The van der Waals surface area contributed by atoms with Crippen LogP contribution in [0.5, 0.6) is 0 Å². The smallest absolute Gasteiger partial charge is 0.224 e. The molecule has 0 aliphatic heterocycles. The van der Waals surface area contributed by atoms with Gasteiger partial charge in [-0.3, -0.25) is 0 Å². The average molecular weight is 495 g/mol. The molecule has 0 radical (unpaired) electrons. The Morgan fingerprint density at radius 1 is 0.868 bits per heavy atom. The van der Waals surface area contributed by atoms with Crippen molar-refractivity contribution < 1.29 is 4.57 Å². The van der Waals surface area contributed by atoms with Crippen molar-refractivity contribution >= 4 is 49.0 Å². The van der Waals surface area contributed by atoms with E-state index in [0.29, 0.717) is 5.41 Å². The molecule has 3 heterocycles. The molecule has 0 atom stereocenters. The third kappa shape index (κ3) is 2.39. The maximum atomic E-state index is 10.4. The predicted octanol–water partition coefficient (Wildman–Crippen LogP) is 7.77. The quantitative estimate of drug-likeness (QED) is 0.131. The first-order valence-corrected chi connectivity index (χ1v) is 14.4. The highest BCUT2D eigenvalue weighted by Crippen LogP contribution is 2.61. The highest BCUT2D eigenvalue weighted by molar-refractivity contribution is 6.27. The Hall–Kier alpha value is -3.64. The maximum absolute atomic E-state index is 10.4.